The van der Waals surface area contributed by atoms with Gasteiger partial charge in [0.05, 0.1) is 13.2 Å². The van der Waals surface area contributed by atoms with Crippen molar-refractivity contribution < 1.29 is 9.84 Å². The number of benzene rings is 2. The Morgan fingerprint density at radius 2 is 1.71 bits per heavy atom. The van der Waals surface area contributed by atoms with Crippen LogP contribution in [0.5, 0.6) is 5.75 Å². The van der Waals surface area contributed by atoms with Gasteiger partial charge in [-0.25, -0.2) is 0 Å². The van der Waals surface area contributed by atoms with Gasteiger partial charge >= 0.3 is 0 Å². The fourth-order valence-corrected chi connectivity index (χ4v) is 2.81. The Labute approximate surface area is 126 Å². The molecule has 2 aromatic rings. The molecule has 112 valence electrons. The van der Waals surface area contributed by atoms with Gasteiger partial charge in [-0.1, -0.05) is 47.5 Å². The van der Waals surface area contributed by atoms with Gasteiger partial charge in [-0.2, -0.15) is 0 Å². The van der Waals surface area contributed by atoms with Crippen LogP contribution in [-0.4, -0.2) is 18.8 Å². The summed E-state index contributed by atoms with van der Waals surface area (Å²) in [6.07, 6.45) is -0.648. The van der Waals surface area contributed by atoms with E-state index in [0.29, 0.717) is 6.54 Å². The van der Waals surface area contributed by atoms with Gasteiger partial charge in [-0.3, -0.25) is 0 Å². The molecule has 2 aromatic carbocycles. The molecule has 0 spiro atoms. The predicted octanol–water partition coefficient (Wildman–Crippen LogP) is 3.09. The highest BCUT2D eigenvalue weighted by atomic mass is 16.5. The van der Waals surface area contributed by atoms with Crippen LogP contribution < -0.4 is 10.5 Å². The summed E-state index contributed by atoms with van der Waals surface area (Å²) in [6, 6.07) is 13.8. The summed E-state index contributed by atoms with van der Waals surface area (Å²) in [5.74, 6) is 0.568. The molecular formula is C18H23NO2. The summed E-state index contributed by atoms with van der Waals surface area (Å²) in [5, 5.41) is 10.8. The minimum atomic E-state index is -0.648. The summed E-state index contributed by atoms with van der Waals surface area (Å²) in [6.45, 7) is 4.42. The van der Waals surface area contributed by atoms with Crippen LogP contribution in [0.15, 0.2) is 42.5 Å². The van der Waals surface area contributed by atoms with E-state index < -0.39 is 6.10 Å². The quantitative estimate of drug-likeness (QED) is 0.887. The van der Waals surface area contributed by atoms with Crippen molar-refractivity contribution in [1.82, 2.24) is 0 Å². The molecule has 3 nitrogen and oxygen atoms in total. The maximum absolute atomic E-state index is 10.8. The van der Waals surface area contributed by atoms with Crippen LogP contribution in [0.3, 0.4) is 0 Å². The Morgan fingerprint density at radius 3 is 2.29 bits per heavy atom. The smallest absolute Gasteiger partial charge is 0.122 e. The van der Waals surface area contributed by atoms with Crippen LogP contribution in [0.1, 0.15) is 34.3 Å². The average Bonchev–Trinajstić information content (AvgIpc) is 2.47. The molecule has 3 heteroatoms. The summed E-state index contributed by atoms with van der Waals surface area (Å²) in [4.78, 5) is 0. The van der Waals surface area contributed by atoms with E-state index in [2.05, 4.69) is 6.07 Å². The van der Waals surface area contributed by atoms with E-state index in [9.17, 15) is 5.11 Å². The molecule has 0 aromatic heterocycles. The molecule has 2 unspecified atom stereocenters. The Kier molecular flexibility index (Phi) is 4.99. The van der Waals surface area contributed by atoms with Crippen molar-refractivity contribution in [2.24, 2.45) is 5.73 Å². The average molecular weight is 285 g/mol. The first-order chi connectivity index (χ1) is 10.1. The third-order valence-electron chi connectivity index (χ3n) is 3.76. The van der Waals surface area contributed by atoms with Crippen LogP contribution in [0, 0.1) is 13.8 Å². The van der Waals surface area contributed by atoms with E-state index in [0.717, 1.165) is 28.0 Å². The highest BCUT2D eigenvalue weighted by Gasteiger charge is 2.24. The number of para-hydroxylation sites is 1. The van der Waals surface area contributed by atoms with Crippen molar-refractivity contribution in [1.29, 1.82) is 0 Å². The molecule has 0 aliphatic rings. The number of hydrogen-bond acceptors (Lipinski definition) is 3. The van der Waals surface area contributed by atoms with E-state index >= 15 is 0 Å². The number of aliphatic hydroxyl groups is 1. The topological polar surface area (TPSA) is 55.5 Å². The highest BCUT2D eigenvalue weighted by Crippen LogP contribution is 2.35. The Morgan fingerprint density at radius 1 is 1.10 bits per heavy atom. The van der Waals surface area contributed by atoms with Gasteiger partial charge in [0.1, 0.15) is 5.75 Å². The second kappa shape index (κ2) is 6.74. The van der Waals surface area contributed by atoms with Crippen LogP contribution in [0.2, 0.25) is 0 Å². The molecule has 0 saturated carbocycles. The van der Waals surface area contributed by atoms with Crippen molar-refractivity contribution >= 4 is 0 Å². The van der Waals surface area contributed by atoms with Gasteiger partial charge in [0.15, 0.2) is 0 Å². The van der Waals surface area contributed by atoms with E-state index in [1.165, 1.54) is 0 Å². The number of methoxy groups -OCH3 is 1. The second-order valence-electron chi connectivity index (χ2n) is 5.45. The molecule has 3 N–H and O–H groups in total. The van der Waals surface area contributed by atoms with E-state index in [-0.39, 0.29) is 5.92 Å². The maximum atomic E-state index is 10.8. The van der Waals surface area contributed by atoms with Crippen molar-refractivity contribution in [2.75, 3.05) is 13.7 Å². The minimum Gasteiger partial charge on any atom is -0.496 e. The van der Waals surface area contributed by atoms with E-state index in [1.807, 2.05) is 50.2 Å². The Bertz CT molecular complexity index is 590. The van der Waals surface area contributed by atoms with Gasteiger partial charge in [-0.15, -0.1) is 0 Å². The summed E-state index contributed by atoms with van der Waals surface area (Å²) < 4.78 is 5.39. The van der Waals surface area contributed by atoms with Gasteiger partial charge in [0.25, 0.3) is 0 Å². The number of hydrogen-bond donors (Lipinski definition) is 2. The largest absolute Gasteiger partial charge is 0.496 e. The fraction of sp³-hybridized carbons (Fsp3) is 0.333. The molecule has 0 aliphatic heterocycles. The monoisotopic (exact) mass is 285 g/mol. The first kappa shape index (κ1) is 15.5. The van der Waals surface area contributed by atoms with Crippen molar-refractivity contribution in [3.63, 3.8) is 0 Å². The van der Waals surface area contributed by atoms with Gasteiger partial charge in [0.2, 0.25) is 0 Å². The molecule has 2 rings (SSSR count). The number of ether oxygens (including phenoxy) is 1. The third-order valence-corrected chi connectivity index (χ3v) is 3.76. The van der Waals surface area contributed by atoms with Crippen LogP contribution in [0.4, 0.5) is 0 Å². The Balaban J connectivity index is 2.40. The van der Waals surface area contributed by atoms with Crippen molar-refractivity contribution in [3.8, 4) is 5.75 Å². The molecule has 0 saturated heterocycles. The number of aryl methyl sites for hydroxylation is 2. The molecule has 2 atom stereocenters. The molecule has 0 aliphatic carbocycles. The summed E-state index contributed by atoms with van der Waals surface area (Å²) >= 11 is 0. The lowest BCUT2D eigenvalue weighted by atomic mass is 9.87. The fourth-order valence-electron chi connectivity index (χ4n) is 2.81. The zero-order valence-electron chi connectivity index (χ0n) is 12.8. The van der Waals surface area contributed by atoms with Crippen LogP contribution in [-0.2, 0) is 0 Å². The molecule has 0 heterocycles. The normalized spacial score (nSPS) is 13.8. The van der Waals surface area contributed by atoms with E-state index in [1.54, 1.807) is 7.11 Å². The first-order valence-corrected chi connectivity index (χ1v) is 7.16. The van der Waals surface area contributed by atoms with Gasteiger partial charge in [0, 0.05) is 18.0 Å². The van der Waals surface area contributed by atoms with Crippen LogP contribution >= 0.6 is 0 Å². The van der Waals surface area contributed by atoms with E-state index in [4.69, 9.17) is 10.5 Å². The zero-order chi connectivity index (χ0) is 15.4. The zero-order valence-corrected chi connectivity index (χ0v) is 12.8. The maximum Gasteiger partial charge on any atom is 0.122 e. The van der Waals surface area contributed by atoms with Gasteiger partial charge in [-0.05, 0) is 25.5 Å². The predicted molar refractivity (Wildman–Crippen MR) is 85.7 cm³/mol. The van der Waals surface area contributed by atoms with Crippen molar-refractivity contribution in [2.45, 2.75) is 25.9 Å². The number of rotatable bonds is 5. The highest BCUT2D eigenvalue weighted by molar-refractivity contribution is 5.39. The summed E-state index contributed by atoms with van der Waals surface area (Å²) in [7, 11) is 1.63. The molecule has 0 bridgehead atoms. The minimum absolute atomic E-state index is 0.192. The van der Waals surface area contributed by atoms with Gasteiger partial charge < -0.3 is 15.6 Å². The SMILES string of the molecule is COc1ccccc1C(CN)C(O)c1cc(C)cc(C)c1. The standard InChI is InChI=1S/C18H23NO2/c1-12-8-13(2)10-14(9-12)18(20)16(11-19)15-6-4-5-7-17(15)21-3/h4-10,16,18,20H,11,19H2,1-3H3. The Hall–Kier alpha value is -1.84. The molecule has 0 fully saturated rings. The molecule has 0 amide bonds. The molecule has 0 radical (unpaired) electrons. The lowest BCUT2D eigenvalue weighted by Crippen LogP contribution is -2.21. The molecule has 21 heavy (non-hydrogen) atoms. The summed E-state index contributed by atoms with van der Waals surface area (Å²) in [5.41, 5.74) is 10.0. The van der Waals surface area contributed by atoms with Crippen molar-refractivity contribution in [3.05, 3.63) is 64.7 Å². The second-order valence-corrected chi connectivity index (χ2v) is 5.45. The lowest BCUT2D eigenvalue weighted by Gasteiger charge is -2.24. The van der Waals surface area contributed by atoms with Crippen LogP contribution in [0.25, 0.3) is 0 Å². The third kappa shape index (κ3) is 3.43. The first-order valence-electron chi connectivity index (χ1n) is 7.16. The number of nitrogens with two attached hydrogens (primary N) is 1. The molecular weight excluding hydrogens is 262 g/mol. The lowest BCUT2D eigenvalue weighted by molar-refractivity contribution is 0.146. The number of aliphatic hydroxyl groups excluding tert-OH is 1.